The van der Waals surface area contributed by atoms with Gasteiger partial charge in [0.1, 0.15) is 6.61 Å². The quantitative estimate of drug-likeness (QED) is 0.737. The summed E-state index contributed by atoms with van der Waals surface area (Å²) in [6, 6.07) is 8.39. The van der Waals surface area contributed by atoms with Gasteiger partial charge in [-0.05, 0) is 35.4 Å². The summed E-state index contributed by atoms with van der Waals surface area (Å²) in [6.45, 7) is 2.74. The second-order valence-electron chi connectivity index (χ2n) is 4.55. The Bertz CT molecular complexity index is 529. The Morgan fingerprint density at radius 1 is 1.30 bits per heavy atom. The molecule has 0 saturated heterocycles. The monoisotopic (exact) mass is 299 g/mol. The van der Waals surface area contributed by atoms with E-state index in [1.165, 1.54) is 15.6 Å². The maximum atomic E-state index is 12.0. The van der Waals surface area contributed by atoms with Gasteiger partial charge in [-0.3, -0.25) is 0 Å². The van der Waals surface area contributed by atoms with Crippen LogP contribution in [-0.2, 0) is 4.74 Å². The predicted molar refractivity (Wildman–Crippen MR) is 79.7 cm³/mol. The summed E-state index contributed by atoms with van der Waals surface area (Å²) in [5.74, 6) is 0. The van der Waals surface area contributed by atoms with Crippen LogP contribution >= 0.6 is 11.3 Å². The van der Waals surface area contributed by atoms with Crippen LogP contribution in [0.3, 0.4) is 0 Å². The summed E-state index contributed by atoms with van der Waals surface area (Å²) in [5, 5.41) is 6.78. The van der Waals surface area contributed by atoms with Crippen molar-refractivity contribution in [2.75, 3.05) is 19.8 Å². The largest absolute Gasteiger partial charge is 0.375 e. The second-order valence-corrected chi connectivity index (χ2v) is 5.46. The zero-order valence-corrected chi connectivity index (χ0v) is 12.3. The van der Waals surface area contributed by atoms with Crippen LogP contribution in [0.5, 0.6) is 0 Å². The van der Waals surface area contributed by atoms with Crippen LogP contribution in [-0.4, -0.2) is 26.2 Å². The minimum Gasteiger partial charge on any atom is -0.375 e. The van der Waals surface area contributed by atoms with Crippen molar-refractivity contribution in [1.29, 1.82) is 0 Å². The topological polar surface area (TPSA) is 21.3 Å². The Kier molecular flexibility index (Phi) is 5.88. The molecule has 0 spiro atoms. The average molecular weight is 299 g/mol. The van der Waals surface area contributed by atoms with E-state index in [9.17, 15) is 8.78 Å². The van der Waals surface area contributed by atoms with Crippen molar-refractivity contribution < 1.29 is 13.5 Å². The molecule has 2 nitrogen and oxygen atoms in total. The molecule has 1 heterocycles. The van der Waals surface area contributed by atoms with Gasteiger partial charge in [0, 0.05) is 17.3 Å². The summed E-state index contributed by atoms with van der Waals surface area (Å²) < 4.78 is 30.3. The number of halogens is 2. The summed E-state index contributed by atoms with van der Waals surface area (Å²) >= 11 is 1.71. The van der Waals surface area contributed by atoms with Gasteiger partial charge in [-0.15, -0.1) is 11.3 Å². The highest BCUT2D eigenvalue weighted by molar-refractivity contribution is 7.17. The Morgan fingerprint density at radius 3 is 2.85 bits per heavy atom. The lowest BCUT2D eigenvalue weighted by molar-refractivity contribution is 0.0144. The third kappa shape index (κ3) is 3.98. The van der Waals surface area contributed by atoms with E-state index in [-0.39, 0.29) is 6.04 Å². The first kappa shape index (κ1) is 15.4. The molecule has 0 bridgehead atoms. The zero-order chi connectivity index (χ0) is 14.4. The number of fused-ring (bicyclic) bond motifs is 1. The molecule has 0 amide bonds. The highest BCUT2D eigenvalue weighted by atomic mass is 32.1. The van der Waals surface area contributed by atoms with Gasteiger partial charge in [-0.1, -0.05) is 25.1 Å². The molecule has 1 aromatic heterocycles. The zero-order valence-electron chi connectivity index (χ0n) is 11.4. The van der Waals surface area contributed by atoms with E-state index in [0.717, 1.165) is 6.54 Å². The third-order valence-corrected chi connectivity index (χ3v) is 4.11. The number of benzene rings is 1. The van der Waals surface area contributed by atoms with Crippen LogP contribution in [0.2, 0.25) is 0 Å². The Balaban J connectivity index is 2.04. The predicted octanol–water partition coefficient (Wildman–Crippen LogP) is 4.22. The highest BCUT2D eigenvalue weighted by Crippen LogP contribution is 2.31. The van der Waals surface area contributed by atoms with E-state index in [2.05, 4.69) is 22.8 Å². The second kappa shape index (κ2) is 7.67. The van der Waals surface area contributed by atoms with Crippen LogP contribution < -0.4 is 5.32 Å². The van der Waals surface area contributed by atoms with Crippen molar-refractivity contribution in [1.82, 2.24) is 5.32 Å². The normalized spacial score (nSPS) is 13.2. The Hall–Kier alpha value is -1.04. The SMILES string of the molecule is CCNC(CCOCC(F)F)c1csc2ccccc12. The van der Waals surface area contributed by atoms with E-state index in [4.69, 9.17) is 4.74 Å². The van der Waals surface area contributed by atoms with Gasteiger partial charge in [0.05, 0.1) is 0 Å². The fourth-order valence-corrected chi connectivity index (χ4v) is 3.27. The average Bonchev–Trinajstić information content (AvgIpc) is 2.86. The minimum atomic E-state index is -2.39. The van der Waals surface area contributed by atoms with Gasteiger partial charge >= 0.3 is 0 Å². The minimum absolute atomic E-state index is 0.147. The lowest BCUT2D eigenvalue weighted by Crippen LogP contribution is -2.22. The van der Waals surface area contributed by atoms with E-state index in [1.54, 1.807) is 11.3 Å². The summed E-state index contributed by atoms with van der Waals surface area (Å²) in [5.41, 5.74) is 1.23. The molecule has 110 valence electrons. The van der Waals surface area contributed by atoms with Crippen LogP contribution in [0.4, 0.5) is 8.78 Å². The molecule has 0 radical (unpaired) electrons. The van der Waals surface area contributed by atoms with E-state index in [1.807, 2.05) is 19.1 Å². The molecule has 2 rings (SSSR count). The molecule has 1 aromatic carbocycles. The van der Waals surface area contributed by atoms with E-state index >= 15 is 0 Å². The molecule has 0 aliphatic rings. The fraction of sp³-hybridized carbons (Fsp3) is 0.467. The molecule has 1 N–H and O–H groups in total. The van der Waals surface area contributed by atoms with Crippen molar-refractivity contribution in [2.45, 2.75) is 25.8 Å². The summed E-state index contributed by atoms with van der Waals surface area (Å²) in [7, 11) is 0. The maximum absolute atomic E-state index is 12.0. The molecule has 5 heteroatoms. The van der Waals surface area contributed by atoms with Crippen LogP contribution in [0.1, 0.15) is 24.9 Å². The van der Waals surface area contributed by atoms with E-state index in [0.29, 0.717) is 13.0 Å². The number of thiophene rings is 1. The van der Waals surface area contributed by atoms with Gasteiger partial charge in [0.15, 0.2) is 0 Å². The molecule has 0 aliphatic carbocycles. The van der Waals surface area contributed by atoms with Crippen molar-refractivity contribution in [3.05, 3.63) is 35.2 Å². The van der Waals surface area contributed by atoms with Crippen molar-refractivity contribution in [3.63, 3.8) is 0 Å². The first-order valence-corrected chi connectivity index (χ1v) is 7.65. The van der Waals surface area contributed by atoms with Gasteiger partial charge in [-0.25, -0.2) is 8.78 Å². The molecule has 1 unspecified atom stereocenters. The molecule has 1 atom stereocenters. The van der Waals surface area contributed by atoms with E-state index < -0.39 is 13.0 Å². The molecule has 0 fully saturated rings. The number of hydrogen-bond donors (Lipinski definition) is 1. The van der Waals surface area contributed by atoms with Crippen LogP contribution in [0.25, 0.3) is 10.1 Å². The van der Waals surface area contributed by atoms with Gasteiger partial charge in [0.2, 0.25) is 0 Å². The third-order valence-electron chi connectivity index (χ3n) is 3.13. The van der Waals surface area contributed by atoms with Gasteiger partial charge in [0.25, 0.3) is 6.43 Å². The molecular formula is C15H19F2NOS. The molecule has 0 saturated carbocycles. The smallest absolute Gasteiger partial charge is 0.261 e. The lowest BCUT2D eigenvalue weighted by Gasteiger charge is -2.17. The first-order valence-electron chi connectivity index (χ1n) is 6.77. The maximum Gasteiger partial charge on any atom is 0.261 e. The van der Waals surface area contributed by atoms with Gasteiger partial charge in [-0.2, -0.15) is 0 Å². The summed E-state index contributed by atoms with van der Waals surface area (Å²) in [4.78, 5) is 0. The Labute approximate surface area is 121 Å². The number of alkyl halides is 2. The van der Waals surface area contributed by atoms with Gasteiger partial charge < -0.3 is 10.1 Å². The molecule has 0 aliphatic heterocycles. The highest BCUT2D eigenvalue weighted by Gasteiger charge is 2.15. The fourth-order valence-electron chi connectivity index (χ4n) is 2.26. The van der Waals surface area contributed by atoms with Crippen molar-refractivity contribution in [3.8, 4) is 0 Å². The molecular weight excluding hydrogens is 280 g/mol. The first-order chi connectivity index (χ1) is 9.72. The standard InChI is InChI=1S/C15H19F2NOS/c1-2-18-13(7-8-19-9-15(16)17)12-10-20-14-6-4-3-5-11(12)14/h3-6,10,13,15,18H,2,7-9H2,1H3. The van der Waals surface area contributed by atoms with Crippen LogP contribution in [0, 0.1) is 0 Å². The molecule has 2 aromatic rings. The number of hydrogen-bond acceptors (Lipinski definition) is 3. The molecule has 20 heavy (non-hydrogen) atoms. The number of ether oxygens (including phenoxy) is 1. The number of rotatable bonds is 8. The van der Waals surface area contributed by atoms with Crippen molar-refractivity contribution in [2.24, 2.45) is 0 Å². The van der Waals surface area contributed by atoms with Crippen molar-refractivity contribution >= 4 is 21.4 Å². The number of nitrogens with one attached hydrogen (secondary N) is 1. The Morgan fingerprint density at radius 2 is 2.10 bits per heavy atom. The van der Waals surface area contributed by atoms with Crippen LogP contribution in [0.15, 0.2) is 29.6 Å². The summed E-state index contributed by atoms with van der Waals surface area (Å²) in [6.07, 6.45) is -1.70. The lowest BCUT2D eigenvalue weighted by atomic mass is 10.0.